The first kappa shape index (κ1) is 14.0. The molecule has 1 aliphatic carbocycles. The molecule has 0 saturated carbocycles. The van der Waals surface area contributed by atoms with Crippen LogP contribution in [0.2, 0.25) is 0 Å². The van der Waals surface area contributed by atoms with Crippen molar-refractivity contribution in [2.24, 2.45) is 0 Å². The molecule has 5 nitrogen and oxygen atoms in total. The van der Waals surface area contributed by atoms with Gasteiger partial charge in [0.05, 0.1) is 24.2 Å². The van der Waals surface area contributed by atoms with Crippen LogP contribution >= 0.6 is 11.3 Å². The van der Waals surface area contributed by atoms with Crippen LogP contribution in [0, 0.1) is 0 Å². The molecule has 21 heavy (non-hydrogen) atoms. The van der Waals surface area contributed by atoms with E-state index in [0.717, 1.165) is 35.8 Å². The first-order chi connectivity index (χ1) is 10.3. The molecule has 0 bridgehead atoms. The molecular formula is C15H17N3O2S. The molecule has 2 heterocycles. The number of carbonyl (C=O) groups excluding carboxylic acids is 1. The summed E-state index contributed by atoms with van der Waals surface area (Å²) in [6, 6.07) is 3.81. The van der Waals surface area contributed by atoms with Gasteiger partial charge in [0.25, 0.3) is 0 Å². The van der Waals surface area contributed by atoms with Crippen molar-refractivity contribution in [3.05, 3.63) is 35.1 Å². The highest BCUT2D eigenvalue weighted by Gasteiger charge is 2.31. The van der Waals surface area contributed by atoms with Crippen molar-refractivity contribution in [2.75, 3.05) is 11.9 Å². The number of pyridine rings is 1. The summed E-state index contributed by atoms with van der Waals surface area (Å²) in [6.07, 6.45) is 6.29. The van der Waals surface area contributed by atoms with Crippen molar-refractivity contribution < 1.29 is 9.53 Å². The van der Waals surface area contributed by atoms with Crippen LogP contribution in [0.25, 0.3) is 0 Å². The Morgan fingerprint density at radius 2 is 2.48 bits per heavy atom. The van der Waals surface area contributed by atoms with Crippen molar-refractivity contribution >= 4 is 28.1 Å². The number of rotatable bonds is 4. The highest BCUT2D eigenvalue weighted by molar-refractivity contribution is 7.15. The molecule has 2 aromatic heterocycles. The maximum absolute atomic E-state index is 12.0. The molecule has 1 unspecified atom stereocenters. The van der Waals surface area contributed by atoms with Crippen molar-refractivity contribution in [3.63, 3.8) is 0 Å². The SMILES string of the molecule is CCOC(=O)C1CCCc2sc(Nc3cccnc3)nc21. The van der Waals surface area contributed by atoms with Gasteiger partial charge in [-0.3, -0.25) is 9.78 Å². The monoisotopic (exact) mass is 303 g/mol. The molecule has 0 saturated heterocycles. The van der Waals surface area contributed by atoms with Crippen LogP contribution in [0.5, 0.6) is 0 Å². The lowest BCUT2D eigenvalue weighted by atomic mass is 9.91. The summed E-state index contributed by atoms with van der Waals surface area (Å²) in [7, 11) is 0. The molecule has 2 aromatic rings. The number of fused-ring (bicyclic) bond motifs is 1. The Bertz CT molecular complexity index is 627. The van der Waals surface area contributed by atoms with Crippen LogP contribution in [0.4, 0.5) is 10.8 Å². The summed E-state index contributed by atoms with van der Waals surface area (Å²) < 4.78 is 5.16. The van der Waals surface area contributed by atoms with Gasteiger partial charge in [-0.15, -0.1) is 11.3 Å². The van der Waals surface area contributed by atoms with Crippen LogP contribution in [-0.2, 0) is 16.0 Å². The molecule has 1 N–H and O–H groups in total. The quantitative estimate of drug-likeness (QED) is 0.878. The van der Waals surface area contributed by atoms with E-state index in [2.05, 4.69) is 15.3 Å². The van der Waals surface area contributed by atoms with Crippen molar-refractivity contribution in [3.8, 4) is 0 Å². The first-order valence-electron chi connectivity index (χ1n) is 7.11. The molecule has 1 aliphatic rings. The van der Waals surface area contributed by atoms with Crippen LogP contribution in [0.15, 0.2) is 24.5 Å². The second kappa shape index (κ2) is 6.22. The van der Waals surface area contributed by atoms with Crippen molar-refractivity contribution in [1.29, 1.82) is 0 Å². The van der Waals surface area contributed by atoms with E-state index in [4.69, 9.17) is 4.74 Å². The lowest BCUT2D eigenvalue weighted by Crippen LogP contribution is -2.20. The fourth-order valence-electron chi connectivity index (χ4n) is 2.50. The fourth-order valence-corrected chi connectivity index (χ4v) is 3.59. The maximum atomic E-state index is 12.0. The van der Waals surface area contributed by atoms with Crippen LogP contribution in [0.3, 0.4) is 0 Å². The van der Waals surface area contributed by atoms with E-state index >= 15 is 0 Å². The van der Waals surface area contributed by atoms with E-state index < -0.39 is 0 Å². The zero-order chi connectivity index (χ0) is 14.7. The Hall–Kier alpha value is -1.95. The highest BCUT2D eigenvalue weighted by Crippen LogP contribution is 2.38. The summed E-state index contributed by atoms with van der Waals surface area (Å²) in [4.78, 5) is 21.9. The average molecular weight is 303 g/mol. The third-order valence-corrected chi connectivity index (χ3v) is 4.48. The number of thiazole rings is 1. The van der Waals surface area contributed by atoms with E-state index in [0.29, 0.717) is 6.61 Å². The molecule has 0 spiro atoms. The number of hydrogen-bond acceptors (Lipinski definition) is 6. The molecule has 0 radical (unpaired) electrons. The Morgan fingerprint density at radius 3 is 3.24 bits per heavy atom. The van der Waals surface area contributed by atoms with Gasteiger partial charge in [-0.2, -0.15) is 0 Å². The third kappa shape index (κ3) is 3.05. The van der Waals surface area contributed by atoms with Crippen LogP contribution < -0.4 is 5.32 Å². The smallest absolute Gasteiger partial charge is 0.315 e. The fraction of sp³-hybridized carbons (Fsp3) is 0.400. The normalized spacial score (nSPS) is 17.1. The second-order valence-electron chi connectivity index (χ2n) is 4.89. The summed E-state index contributed by atoms with van der Waals surface area (Å²) >= 11 is 1.61. The average Bonchev–Trinajstić information content (AvgIpc) is 2.90. The van der Waals surface area contributed by atoms with Gasteiger partial charge < -0.3 is 10.1 Å². The largest absolute Gasteiger partial charge is 0.465 e. The molecule has 0 fully saturated rings. The Kier molecular flexibility index (Phi) is 4.15. The summed E-state index contributed by atoms with van der Waals surface area (Å²) in [5, 5.41) is 4.05. The predicted octanol–water partition coefficient (Wildman–Crippen LogP) is 3.26. The second-order valence-corrected chi connectivity index (χ2v) is 5.97. The van der Waals surface area contributed by atoms with Gasteiger partial charge in [0, 0.05) is 11.1 Å². The van der Waals surface area contributed by atoms with E-state index in [9.17, 15) is 4.79 Å². The van der Waals surface area contributed by atoms with Gasteiger partial charge in [-0.05, 0) is 38.3 Å². The standard InChI is InChI=1S/C15H17N3O2S/c1-2-20-14(19)11-6-3-7-12-13(11)18-15(21-12)17-10-5-4-8-16-9-10/h4-5,8-9,11H,2-3,6-7H2,1H3,(H,17,18). The number of ether oxygens (including phenoxy) is 1. The zero-order valence-electron chi connectivity index (χ0n) is 11.8. The number of carbonyl (C=O) groups is 1. The van der Waals surface area contributed by atoms with Gasteiger partial charge in [0.15, 0.2) is 5.13 Å². The summed E-state index contributed by atoms with van der Waals surface area (Å²) in [6.45, 7) is 2.24. The number of hydrogen-bond donors (Lipinski definition) is 1. The van der Waals surface area contributed by atoms with Gasteiger partial charge in [0.1, 0.15) is 5.92 Å². The minimum atomic E-state index is -0.214. The maximum Gasteiger partial charge on any atom is 0.315 e. The number of aromatic nitrogens is 2. The van der Waals surface area contributed by atoms with E-state index in [-0.39, 0.29) is 11.9 Å². The lowest BCUT2D eigenvalue weighted by Gasteiger charge is -2.19. The van der Waals surface area contributed by atoms with Crippen LogP contribution in [-0.4, -0.2) is 22.5 Å². The molecule has 0 amide bonds. The Balaban J connectivity index is 1.82. The number of nitrogens with zero attached hydrogens (tertiary/aromatic N) is 2. The van der Waals surface area contributed by atoms with E-state index in [1.165, 1.54) is 4.88 Å². The lowest BCUT2D eigenvalue weighted by molar-refractivity contribution is -0.145. The molecule has 0 aliphatic heterocycles. The van der Waals surface area contributed by atoms with Crippen molar-refractivity contribution in [1.82, 2.24) is 9.97 Å². The van der Waals surface area contributed by atoms with Gasteiger partial charge in [-0.1, -0.05) is 0 Å². The zero-order valence-corrected chi connectivity index (χ0v) is 12.7. The molecule has 110 valence electrons. The Morgan fingerprint density at radius 1 is 1.57 bits per heavy atom. The van der Waals surface area contributed by atoms with Gasteiger partial charge in [-0.25, -0.2) is 4.98 Å². The molecule has 6 heteroatoms. The Labute approximate surface area is 127 Å². The highest BCUT2D eigenvalue weighted by atomic mass is 32.1. The van der Waals surface area contributed by atoms with Crippen molar-refractivity contribution in [2.45, 2.75) is 32.1 Å². The van der Waals surface area contributed by atoms with Gasteiger partial charge >= 0.3 is 5.97 Å². The summed E-state index contributed by atoms with van der Waals surface area (Å²) in [5.74, 6) is -0.369. The number of aryl methyl sites for hydroxylation is 1. The summed E-state index contributed by atoms with van der Waals surface area (Å²) in [5.41, 5.74) is 1.78. The molecule has 3 rings (SSSR count). The minimum absolute atomic E-state index is 0.156. The molecule has 1 atom stereocenters. The number of esters is 1. The molecule has 0 aromatic carbocycles. The number of nitrogens with one attached hydrogen (secondary N) is 1. The molecular weight excluding hydrogens is 286 g/mol. The van der Waals surface area contributed by atoms with E-state index in [1.807, 2.05) is 19.1 Å². The topological polar surface area (TPSA) is 64.1 Å². The minimum Gasteiger partial charge on any atom is -0.465 e. The third-order valence-electron chi connectivity index (χ3n) is 3.44. The first-order valence-corrected chi connectivity index (χ1v) is 7.93. The van der Waals surface area contributed by atoms with Crippen LogP contribution in [0.1, 0.15) is 36.3 Å². The number of anilines is 2. The van der Waals surface area contributed by atoms with E-state index in [1.54, 1.807) is 23.7 Å². The predicted molar refractivity (Wildman–Crippen MR) is 81.9 cm³/mol. The van der Waals surface area contributed by atoms with Gasteiger partial charge in [0.2, 0.25) is 0 Å².